The summed E-state index contributed by atoms with van der Waals surface area (Å²) in [5.41, 5.74) is 4.81. The lowest BCUT2D eigenvalue weighted by Crippen LogP contribution is -2.31. The summed E-state index contributed by atoms with van der Waals surface area (Å²) in [7, 11) is 0. The van der Waals surface area contributed by atoms with Gasteiger partial charge in [-0.2, -0.15) is 0 Å². The third-order valence-electron chi connectivity index (χ3n) is 6.37. The summed E-state index contributed by atoms with van der Waals surface area (Å²) in [4.78, 5) is 27.9. The van der Waals surface area contributed by atoms with Gasteiger partial charge in [0.25, 0.3) is 5.91 Å². The van der Waals surface area contributed by atoms with E-state index in [2.05, 4.69) is 38.4 Å². The smallest absolute Gasteiger partial charge is 0.254 e. The van der Waals surface area contributed by atoms with Crippen molar-refractivity contribution in [2.75, 3.05) is 0 Å². The summed E-state index contributed by atoms with van der Waals surface area (Å²) in [6, 6.07) is 12.6. The Morgan fingerprint density at radius 1 is 1.03 bits per heavy atom. The molecule has 9 heteroatoms. The average Bonchev–Trinajstić information content (AvgIpc) is 3.46. The molecule has 0 aliphatic heterocycles. The minimum atomic E-state index is -0.336. The fourth-order valence-electron chi connectivity index (χ4n) is 4.62. The standard InChI is InChI=1S/C27H25Cl2N5O2.C2H6/c28-21-14-30-15-22(29)25(21)27(35)33-13-18-6-8-19(9-7-18)16-34(17-24-31-11-12-36-24)23-5-1-3-20-4-2-10-32-26(20)23;1-2/h2,4,6-12,14-15,23H,1,3,5,13,16-17H2,(H,33,35);1-2H3. The molecule has 4 aromatic rings. The largest absolute Gasteiger partial charge is 0.448 e. The Balaban J connectivity index is 0.00000164. The number of nitrogens with zero attached hydrogens (tertiary/aromatic N) is 4. The Bertz CT molecular complexity index is 1310. The molecule has 0 saturated heterocycles. The first-order valence-corrected chi connectivity index (χ1v) is 13.6. The lowest BCUT2D eigenvalue weighted by molar-refractivity contribution is 0.0951. The van der Waals surface area contributed by atoms with Crippen LogP contribution in [0.1, 0.15) is 71.4 Å². The Morgan fingerprint density at radius 2 is 1.76 bits per heavy atom. The number of hydrogen-bond donors (Lipinski definition) is 1. The highest BCUT2D eigenvalue weighted by Crippen LogP contribution is 2.34. The van der Waals surface area contributed by atoms with Crippen LogP contribution in [0.2, 0.25) is 10.0 Å². The molecule has 0 radical (unpaired) electrons. The number of oxazole rings is 1. The van der Waals surface area contributed by atoms with E-state index in [1.165, 1.54) is 18.0 Å². The van der Waals surface area contributed by atoms with Crippen molar-refractivity contribution in [3.05, 3.63) is 111 Å². The predicted octanol–water partition coefficient (Wildman–Crippen LogP) is 6.81. The van der Waals surface area contributed by atoms with Gasteiger partial charge in [-0.15, -0.1) is 0 Å². The molecule has 0 spiro atoms. The van der Waals surface area contributed by atoms with Crippen LogP contribution in [0.15, 0.2) is 71.9 Å². The highest BCUT2D eigenvalue weighted by atomic mass is 35.5. The number of hydrogen-bond acceptors (Lipinski definition) is 6. The van der Waals surface area contributed by atoms with Crippen molar-refractivity contribution >= 4 is 29.1 Å². The van der Waals surface area contributed by atoms with Crippen molar-refractivity contribution in [1.82, 2.24) is 25.2 Å². The van der Waals surface area contributed by atoms with Crippen molar-refractivity contribution < 1.29 is 9.21 Å². The van der Waals surface area contributed by atoms with Crippen molar-refractivity contribution in [3.8, 4) is 0 Å². The number of halogens is 2. The van der Waals surface area contributed by atoms with E-state index in [1.54, 1.807) is 12.5 Å². The van der Waals surface area contributed by atoms with Crippen molar-refractivity contribution in [2.45, 2.75) is 58.8 Å². The highest BCUT2D eigenvalue weighted by Gasteiger charge is 2.28. The number of carbonyl (C=O) groups is 1. The number of amides is 1. The number of aryl methyl sites for hydroxylation is 1. The maximum absolute atomic E-state index is 12.6. The van der Waals surface area contributed by atoms with E-state index in [0.29, 0.717) is 19.0 Å². The van der Waals surface area contributed by atoms with Gasteiger partial charge in [0.05, 0.1) is 40.1 Å². The fourth-order valence-corrected chi connectivity index (χ4v) is 5.15. The molecule has 38 heavy (non-hydrogen) atoms. The molecular weight excluding hydrogens is 521 g/mol. The Morgan fingerprint density at radius 3 is 2.47 bits per heavy atom. The second-order valence-corrected chi connectivity index (χ2v) is 9.58. The van der Waals surface area contributed by atoms with Crippen molar-refractivity contribution in [3.63, 3.8) is 0 Å². The predicted molar refractivity (Wildman–Crippen MR) is 149 cm³/mol. The third-order valence-corrected chi connectivity index (χ3v) is 6.94. The molecule has 1 unspecified atom stereocenters. The van der Waals surface area contributed by atoms with Crippen LogP contribution in [0.3, 0.4) is 0 Å². The summed E-state index contributed by atoms with van der Waals surface area (Å²) >= 11 is 12.2. The van der Waals surface area contributed by atoms with Gasteiger partial charge < -0.3 is 9.73 Å². The average molecular weight is 553 g/mol. The van der Waals surface area contributed by atoms with Gasteiger partial charge in [0.15, 0.2) is 0 Å². The third kappa shape index (κ3) is 6.78. The van der Waals surface area contributed by atoms with E-state index >= 15 is 0 Å². The van der Waals surface area contributed by atoms with E-state index in [-0.39, 0.29) is 27.6 Å². The zero-order valence-corrected chi connectivity index (χ0v) is 23.0. The molecule has 3 aromatic heterocycles. The van der Waals surface area contributed by atoms with Crippen LogP contribution in [0, 0.1) is 0 Å². The van der Waals surface area contributed by atoms with Crippen LogP contribution in [-0.4, -0.2) is 25.8 Å². The molecule has 1 aromatic carbocycles. The van der Waals surface area contributed by atoms with Crippen molar-refractivity contribution in [1.29, 1.82) is 0 Å². The summed E-state index contributed by atoms with van der Waals surface area (Å²) in [6.07, 6.45) is 11.2. The topological polar surface area (TPSA) is 84.2 Å². The minimum Gasteiger partial charge on any atom is -0.448 e. The number of nitrogens with one attached hydrogen (secondary N) is 1. The van der Waals surface area contributed by atoms with Gasteiger partial charge in [0.1, 0.15) is 6.26 Å². The van der Waals surface area contributed by atoms with Crippen LogP contribution >= 0.6 is 23.2 Å². The molecule has 0 bridgehead atoms. The van der Waals surface area contributed by atoms with Crippen LogP contribution in [-0.2, 0) is 26.1 Å². The second-order valence-electron chi connectivity index (χ2n) is 8.76. The number of carbonyl (C=O) groups excluding carboxylic acids is 1. The zero-order chi connectivity index (χ0) is 26.9. The van der Waals surface area contributed by atoms with Crippen LogP contribution in [0.4, 0.5) is 0 Å². The van der Waals surface area contributed by atoms with Gasteiger partial charge in [0.2, 0.25) is 5.89 Å². The van der Waals surface area contributed by atoms with E-state index in [1.807, 2.05) is 38.2 Å². The molecule has 1 aliphatic rings. The molecule has 3 heterocycles. The Kier molecular flexibility index (Phi) is 9.87. The minimum absolute atomic E-state index is 0.190. The number of aromatic nitrogens is 3. The molecule has 5 rings (SSSR count). The molecular formula is C29H31Cl2N5O2. The van der Waals surface area contributed by atoms with Gasteiger partial charge in [-0.3, -0.25) is 19.7 Å². The van der Waals surface area contributed by atoms with Gasteiger partial charge in [-0.25, -0.2) is 4.98 Å². The first-order chi connectivity index (χ1) is 18.6. The molecule has 0 saturated carbocycles. The molecule has 1 aliphatic carbocycles. The first-order valence-electron chi connectivity index (χ1n) is 12.8. The van der Waals surface area contributed by atoms with Gasteiger partial charge in [0, 0.05) is 31.7 Å². The monoisotopic (exact) mass is 551 g/mol. The summed E-state index contributed by atoms with van der Waals surface area (Å²) in [5, 5.41) is 3.32. The molecule has 1 atom stereocenters. The lowest BCUT2D eigenvalue weighted by atomic mass is 9.90. The lowest BCUT2D eigenvalue weighted by Gasteiger charge is -2.34. The summed E-state index contributed by atoms with van der Waals surface area (Å²) < 4.78 is 5.57. The first kappa shape index (κ1) is 27.8. The normalized spacial score (nSPS) is 14.4. The van der Waals surface area contributed by atoms with E-state index in [9.17, 15) is 4.79 Å². The number of fused-ring (bicyclic) bond motifs is 1. The molecule has 0 fully saturated rings. The van der Waals surface area contributed by atoms with E-state index < -0.39 is 0 Å². The number of pyridine rings is 2. The van der Waals surface area contributed by atoms with Crippen LogP contribution in [0.25, 0.3) is 0 Å². The van der Waals surface area contributed by atoms with Gasteiger partial charge in [-0.1, -0.05) is 67.4 Å². The second kappa shape index (κ2) is 13.5. The van der Waals surface area contributed by atoms with Crippen molar-refractivity contribution in [2.24, 2.45) is 0 Å². The van der Waals surface area contributed by atoms with Gasteiger partial charge >= 0.3 is 0 Å². The maximum atomic E-state index is 12.6. The molecule has 198 valence electrons. The maximum Gasteiger partial charge on any atom is 0.254 e. The zero-order valence-electron chi connectivity index (χ0n) is 21.5. The Labute approximate surface area is 233 Å². The molecule has 7 nitrogen and oxygen atoms in total. The van der Waals surface area contributed by atoms with E-state index in [4.69, 9.17) is 32.6 Å². The van der Waals surface area contributed by atoms with Gasteiger partial charge in [-0.05, 0) is 42.0 Å². The molecule has 1 amide bonds. The highest BCUT2D eigenvalue weighted by molar-refractivity contribution is 6.39. The summed E-state index contributed by atoms with van der Waals surface area (Å²) in [6.45, 7) is 5.67. The Hall–Kier alpha value is -3.26. The number of rotatable bonds is 8. The SMILES string of the molecule is CC.O=C(NCc1ccc(CN(Cc2ncco2)C2CCCc3cccnc32)cc1)c1c(Cl)cncc1Cl. The molecule has 1 N–H and O–H groups in total. The van der Waals surface area contributed by atoms with Crippen LogP contribution in [0.5, 0.6) is 0 Å². The quantitative estimate of drug-likeness (QED) is 0.259. The van der Waals surface area contributed by atoms with E-state index in [0.717, 1.165) is 42.6 Å². The number of benzene rings is 1. The van der Waals surface area contributed by atoms with Crippen LogP contribution < -0.4 is 5.32 Å². The fraction of sp³-hybridized carbons (Fsp3) is 0.310. The summed E-state index contributed by atoms with van der Waals surface area (Å²) in [5.74, 6) is 0.350.